The van der Waals surface area contributed by atoms with Crippen molar-refractivity contribution in [3.05, 3.63) is 76.3 Å². The summed E-state index contributed by atoms with van der Waals surface area (Å²) in [7, 11) is 0. The number of nitriles is 1. The van der Waals surface area contributed by atoms with Crippen LogP contribution in [0.4, 0.5) is 0 Å². The maximum absolute atomic E-state index is 9.87. The van der Waals surface area contributed by atoms with Gasteiger partial charge < -0.3 is 9.64 Å². The standard InChI is InChI=1S/C27H29N7OS/c1-3-33-10-12-34(13-11-33)17-20-4-6-21(7-5-20)18-35-27-29-9-8-23(32-27)22(15-28)26-31-24-16-30-19(2)14-25(24)36-26/h4-9,14,16,22H,3,10-13,17-18H2,1-2H3. The first-order chi connectivity index (χ1) is 17.6. The molecule has 1 aliphatic rings. The summed E-state index contributed by atoms with van der Waals surface area (Å²) in [6, 6.07) is 14.8. The normalized spacial score (nSPS) is 15.6. The molecule has 0 bridgehead atoms. The number of fused-ring (bicyclic) bond motifs is 1. The van der Waals surface area contributed by atoms with E-state index in [9.17, 15) is 5.26 Å². The van der Waals surface area contributed by atoms with Gasteiger partial charge in [-0.3, -0.25) is 9.88 Å². The Morgan fingerprint density at radius 3 is 2.53 bits per heavy atom. The van der Waals surface area contributed by atoms with E-state index in [0.29, 0.717) is 17.3 Å². The second-order valence-electron chi connectivity index (χ2n) is 8.99. The van der Waals surface area contributed by atoms with Crippen LogP contribution in [0, 0.1) is 18.3 Å². The minimum Gasteiger partial charge on any atom is -0.459 e. The largest absolute Gasteiger partial charge is 0.459 e. The minimum atomic E-state index is -0.591. The van der Waals surface area contributed by atoms with E-state index < -0.39 is 5.92 Å². The molecule has 1 fully saturated rings. The molecule has 36 heavy (non-hydrogen) atoms. The van der Waals surface area contributed by atoms with Crippen LogP contribution in [0.25, 0.3) is 10.2 Å². The minimum absolute atomic E-state index is 0.254. The lowest BCUT2D eigenvalue weighted by Crippen LogP contribution is -2.45. The Labute approximate surface area is 215 Å². The lowest BCUT2D eigenvalue weighted by Gasteiger charge is -2.34. The molecule has 1 aliphatic heterocycles. The number of piperazine rings is 1. The predicted molar refractivity (Wildman–Crippen MR) is 140 cm³/mol. The van der Waals surface area contributed by atoms with E-state index in [0.717, 1.165) is 60.7 Å². The van der Waals surface area contributed by atoms with E-state index in [-0.39, 0.29) is 6.01 Å². The van der Waals surface area contributed by atoms with Crippen molar-refractivity contribution >= 4 is 21.6 Å². The first kappa shape index (κ1) is 24.3. The Balaban J connectivity index is 1.21. The summed E-state index contributed by atoms with van der Waals surface area (Å²) in [6.45, 7) is 11.1. The van der Waals surface area contributed by atoms with Crippen molar-refractivity contribution < 1.29 is 4.74 Å². The number of pyridine rings is 1. The van der Waals surface area contributed by atoms with Gasteiger partial charge in [0.25, 0.3) is 0 Å². The number of ether oxygens (including phenoxy) is 1. The van der Waals surface area contributed by atoms with Gasteiger partial charge in [0.15, 0.2) is 0 Å². The van der Waals surface area contributed by atoms with Gasteiger partial charge in [-0.05, 0) is 36.7 Å². The zero-order chi connectivity index (χ0) is 24.9. The van der Waals surface area contributed by atoms with Crippen LogP contribution in [-0.2, 0) is 13.2 Å². The molecule has 0 radical (unpaired) electrons. The van der Waals surface area contributed by atoms with Crippen molar-refractivity contribution in [3.8, 4) is 12.1 Å². The van der Waals surface area contributed by atoms with Gasteiger partial charge in [0, 0.05) is 44.6 Å². The average molecular weight is 500 g/mol. The van der Waals surface area contributed by atoms with Gasteiger partial charge in [0.2, 0.25) is 0 Å². The van der Waals surface area contributed by atoms with Gasteiger partial charge >= 0.3 is 6.01 Å². The van der Waals surface area contributed by atoms with E-state index in [1.165, 1.54) is 16.9 Å². The van der Waals surface area contributed by atoms with Gasteiger partial charge in [0.1, 0.15) is 17.5 Å². The monoisotopic (exact) mass is 499 g/mol. The fourth-order valence-corrected chi connectivity index (χ4v) is 5.41. The molecular weight excluding hydrogens is 470 g/mol. The Morgan fingerprint density at radius 2 is 1.78 bits per heavy atom. The van der Waals surface area contributed by atoms with Crippen LogP contribution >= 0.6 is 11.3 Å². The molecule has 1 unspecified atom stereocenters. The topological polar surface area (TPSA) is 91.1 Å². The zero-order valence-corrected chi connectivity index (χ0v) is 21.4. The van der Waals surface area contributed by atoms with Crippen LogP contribution in [0.2, 0.25) is 0 Å². The summed E-state index contributed by atoms with van der Waals surface area (Å²) >= 11 is 1.49. The number of rotatable bonds is 8. The van der Waals surface area contributed by atoms with E-state index in [2.05, 4.69) is 67.0 Å². The molecule has 1 saturated heterocycles. The summed E-state index contributed by atoms with van der Waals surface area (Å²) in [5, 5.41) is 10.6. The van der Waals surface area contributed by atoms with Crippen LogP contribution in [0.5, 0.6) is 6.01 Å². The molecule has 4 heterocycles. The summed E-state index contributed by atoms with van der Waals surface area (Å²) in [5.74, 6) is -0.591. The van der Waals surface area contributed by atoms with Crippen molar-refractivity contribution in [2.24, 2.45) is 0 Å². The van der Waals surface area contributed by atoms with Crippen molar-refractivity contribution in [2.75, 3.05) is 32.7 Å². The second-order valence-corrected chi connectivity index (χ2v) is 10.0. The van der Waals surface area contributed by atoms with E-state index in [1.54, 1.807) is 18.5 Å². The van der Waals surface area contributed by atoms with Gasteiger partial charge in [-0.2, -0.15) is 10.2 Å². The summed E-state index contributed by atoms with van der Waals surface area (Å²) < 4.78 is 6.89. The van der Waals surface area contributed by atoms with E-state index >= 15 is 0 Å². The predicted octanol–water partition coefficient (Wildman–Crippen LogP) is 4.16. The van der Waals surface area contributed by atoms with Crippen LogP contribution in [0.3, 0.4) is 0 Å². The maximum Gasteiger partial charge on any atom is 0.316 e. The van der Waals surface area contributed by atoms with Crippen LogP contribution in [0.1, 0.15) is 40.4 Å². The molecule has 0 N–H and O–H groups in total. The number of hydrogen-bond donors (Lipinski definition) is 0. The Bertz CT molecular complexity index is 1360. The summed E-state index contributed by atoms with van der Waals surface area (Å²) in [6.07, 6.45) is 3.37. The Kier molecular flexibility index (Phi) is 7.47. The highest BCUT2D eigenvalue weighted by atomic mass is 32.1. The quantitative estimate of drug-likeness (QED) is 0.357. The molecule has 1 aromatic carbocycles. The first-order valence-corrected chi connectivity index (χ1v) is 13.0. The summed E-state index contributed by atoms with van der Waals surface area (Å²) in [5.41, 5.74) is 4.64. The van der Waals surface area contributed by atoms with Gasteiger partial charge in [-0.25, -0.2) is 9.97 Å². The number of thiazole rings is 1. The number of aromatic nitrogens is 4. The van der Waals surface area contributed by atoms with Crippen LogP contribution in [0.15, 0.2) is 48.8 Å². The van der Waals surface area contributed by atoms with Crippen molar-refractivity contribution in [2.45, 2.75) is 32.9 Å². The van der Waals surface area contributed by atoms with Crippen molar-refractivity contribution in [1.29, 1.82) is 5.26 Å². The molecule has 0 amide bonds. The molecule has 184 valence electrons. The third kappa shape index (κ3) is 5.68. The van der Waals surface area contributed by atoms with Gasteiger partial charge in [0.05, 0.1) is 28.2 Å². The molecule has 1 atom stereocenters. The smallest absolute Gasteiger partial charge is 0.316 e. The number of hydrogen-bond acceptors (Lipinski definition) is 9. The second kappa shape index (κ2) is 11.1. The third-order valence-corrected chi connectivity index (χ3v) is 7.55. The maximum atomic E-state index is 9.87. The number of benzene rings is 1. The van der Waals surface area contributed by atoms with E-state index in [4.69, 9.17) is 4.74 Å². The Hall–Kier alpha value is -3.45. The number of aryl methyl sites for hydroxylation is 1. The highest BCUT2D eigenvalue weighted by Crippen LogP contribution is 2.31. The first-order valence-electron chi connectivity index (χ1n) is 12.2. The molecule has 8 nitrogen and oxygen atoms in total. The molecule has 0 saturated carbocycles. The molecule has 0 aliphatic carbocycles. The SMILES string of the molecule is CCN1CCN(Cc2ccc(COc3nccc(C(C#N)c4nc5cnc(C)cc5s4)n3)cc2)CC1. The Morgan fingerprint density at radius 1 is 1.03 bits per heavy atom. The number of nitrogens with zero attached hydrogens (tertiary/aromatic N) is 7. The summed E-state index contributed by atoms with van der Waals surface area (Å²) in [4.78, 5) is 22.7. The highest BCUT2D eigenvalue weighted by molar-refractivity contribution is 7.18. The molecule has 3 aromatic heterocycles. The van der Waals surface area contributed by atoms with Crippen LogP contribution in [-0.4, -0.2) is 62.5 Å². The zero-order valence-electron chi connectivity index (χ0n) is 20.6. The third-order valence-electron chi connectivity index (χ3n) is 6.46. The van der Waals surface area contributed by atoms with E-state index in [1.807, 2.05) is 13.0 Å². The molecule has 0 spiro atoms. The fraction of sp³-hybridized carbons (Fsp3) is 0.370. The highest BCUT2D eigenvalue weighted by Gasteiger charge is 2.21. The van der Waals surface area contributed by atoms with Crippen molar-refractivity contribution in [3.63, 3.8) is 0 Å². The van der Waals surface area contributed by atoms with Crippen LogP contribution < -0.4 is 4.74 Å². The van der Waals surface area contributed by atoms with Gasteiger partial charge in [-0.15, -0.1) is 11.3 Å². The fourth-order valence-electron chi connectivity index (χ4n) is 4.31. The molecule has 5 rings (SSSR count). The molecule has 4 aromatic rings. The lowest BCUT2D eigenvalue weighted by molar-refractivity contribution is 0.132. The van der Waals surface area contributed by atoms with Gasteiger partial charge in [-0.1, -0.05) is 31.2 Å². The number of likely N-dealkylation sites (N-methyl/N-ethyl adjacent to an activating group) is 1. The average Bonchev–Trinajstić information content (AvgIpc) is 3.32. The molecular formula is C27H29N7OS. The lowest BCUT2D eigenvalue weighted by atomic mass is 10.1. The van der Waals surface area contributed by atoms with Crippen molar-refractivity contribution in [1.82, 2.24) is 29.7 Å². The molecule has 9 heteroatoms.